The molecule has 0 N–H and O–H groups in total. The Morgan fingerprint density at radius 2 is 1.30 bits per heavy atom. The Bertz CT molecular complexity index is 866. The standard InChI is InChI=1S/C22H15Br/c23-22(20-12-5-2-6-13-20)17-21-14-8-7-11-19(21)16-15-18-9-3-1-4-10-18/h1-14,17H/b22-17-. The molecule has 0 radical (unpaired) electrons. The summed E-state index contributed by atoms with van der Waals surface area (Å²) in [6.07, 6.45) is 2.12. The van der Waals surface area contributed by atoms with Crippen LogP contribution in [0, 0.1) is 11.8 Å². The molecule has 0 aliphatic carbocycles. The van der Waals surface area contributed by atoms with E-state index in [1.807, 2.05) is 66.7 Å². The molecule has 110 valence electrons. The van der Waals surface area contributed by atoms with Crippen molar-refractivity contribution in [3.8, 4) is 11.8 Å². The second-order valence-corrected chi connectivity index (χ2v) is 5.92. The zero-order valence-corrected chi connectivity index (χ0v) is 14.1. The highest BCUT2D eigenvalue weighted by Gasteiger charge is 2.00. The third-order valence-electron chi connectivity index (χ3n) is 3.41. The molecule has 3 aromatic rings. The first-order valence-corrected chi connectivity index (χ1v) is 8.21. The van der Waals surface area contributed by atoms with E-state index >= 15 is 0 Å². The lowest BCUT2D eigenvalue weighted by Crippen LogP contribution is -1.83. The van der Waals surface area contributed by atoms with Crippen molar-refractivity contribution in [2.24, 2.45) is 0 Å². The van der Waals surface area contributed by atoms with E-state index in [0.717, 1.165) is 26.7 Å². The fourth-order valence-electron chi connectivity index (χ4n) is 2.21. The Morgan fingerprint density at radius 3 is 2.04 bits per heavy atom. The van der Waals surface area contributed by atoms with E-state index in [-0.39, 0.29) is 0 Å². The summed E-state index contributed by atoms with van der Waals surface area (Å²) in [5.41, 5.74) is 4.29. The first kappa shape index (κ1) is 15.3. The lowest BCUT2D eigenvalue weighted by molar-refractivity contribution is 1.59. The van der Waals surface area contributed by atoms with Gasteiger partial charge in [-0.2, -0.15) is 0 Å². The van der Waals surface area contributed by atoms with Crippen molar-refractivity contribution in [3.05, 3.63) is 107 Å². The van der Waals surface area contributed by atoms with Gasteiger partial charge in [0.05, 0.1) is 0 Å². The van der Waals surface area contributed by atoms with Crippen LogP contribution in [0.1, 0.15) is 22.3 Å². The maximum atomic E-state index is 3.67. The van der Waals surface area contributed by atoms with Crippen LogP contribution in [0.4, 0.5) is 0 Å². The quantitative estimate of drug-likeness (QED) is 0.390. The maximum Gasteiger partial charge on any atom is 0.0321 e. The number of benzene rings is 3. The zero-order valence-electron chi connectivity index (χ0n) is 12.5. The van der Waals surface area contributed by atoms with Crippen LogP contribution in [0.5, 0.6) is 0 Å². The normalized spacial score (nSPS) is 10.7. The Morgan fingerprint density at radius 1 is 0.696 bits per heavy atom. The minimum absolute atomic E-state index is 1.02. The number of hydrogen-bond acceptors (Lipinski definition) is 0. The van der Waals surface area contributed by atoms with Crippen LogP contribution in [0.25, 0.3) is 10.6 Å². The van der Waals surface area contributed by atoms with Gasteiger partial charge in [0.1, 0.15) is 0 Å². The third kappa shape index (κ3) is 4.22. The molecule has 0 aromatic heterocycles. The highest BCUT2D eigenvalue weighted by Crippen LogP contribution is 2.25. The average Bonchev–Trinajstić information content (AvgIpc) is 2.62. The third-order valence-corrected chi connectivity index (χ3v) is 4.09. The fourth-order valence-corrected chi connectivity index (χ4v) is 2.73. The van der Waals surface area contributed by atoms with E-state index in [1.54, 1.807) is 0 Å². The second-order valence-electron chi connectivity index (χ2n) is 5.06. The topological polar surface area (TPSA) is 0 Å². The summed E-state index contributed by atoms with van der Waals surface area (Å²) in [4.78, 5) is 0. The van der Waals surface area contributed by atoms with E-state index < -0.39 is 0 Å². The Balaban J connectivity index is 1.94. The highest BCUT2D eigenvalue weighted by atomic mass is 79.9. The Kier molecular flexibility index (Phi) is 5.09. The van der Waals surface area contributed by atoms with Crippen LogP contribution < -0.4 is 0 Å². The Labute approximate surface area is 145 Å². The molecule has 0 spiro atoms. The molecular formula is C22H15Br. The first-order chi connectivity index (χ1) is 11.3. The van der Waals surface area contributed by atoms with Crippen LogP contribution >= 0.6 is 15.9 Å². The van der Waals surface area contributed by atoms with Crippen LogP contribution in [0.2, 0.25) is 0 Å². The van der Waals surface area contributed by atoms with Crippen molar-refractivity contribution >= 4 is 26.5 Å². The van der Waals surface area contributed by atoms with Gasteiger partial charge in [-0.05, 0) is 35.4 Å². The van der Waals surface area contributed by atoms with E-state index in [2.05, 4.69) is 52.0 Å². The zero-order chi connectivity index (χ0) is 15.9. The molecule has 0 nitrogen and oxygen atoms in total. The average molecular weight is 359 g/mol. The summed E-state index contributed by atoms with van der Waals surface area (Å²) in [6, 6.07) is 28.5. The molecule has 3 rings (SSSR count). The second kappa shape index (κ2) is 7.63. The smallest absolute Gasteiger partial charge is 0.0321 e. The van der Waals surface area contributed by atoms with Gasteiger partial charge >= 0.3 is 0 Å². The summed E-state index contributed by atoms with van der Waals surface area (Å²) in [6.45, 7) is 0. The van der Waals surface area contributed by atoms with Gasteiger partial charge in [-0.15, -0.1) is 0 Å². The highest BCUT2D eigenvalue weighted by molar-refractivity contribution is 9.15. The van der Waals surface area contributed by atoms with Gasteiger partial charge in [0.15, 0.2) is 0 Å². The first-order valence-electron chi connectivity index (χ1n) is 7.42. The van der Waals surface area contributed by atoms with Gasteiger partial charge in [0.2, 0.25) is 0 Å². The maximum absolute atomic E-state index is 3.67. The molecule has 0 bridgehead atoms. The minimum Gasteiger partial charge on any atom is -0.0622 e. The van der Waals surface area contributed by atoms with Crippen molar-refractivity contribution < 1.29 is 0 Å². The molecule has 0 fully saturated rings. The van der Waals surface area contributed by atoms with Gasteiger partial charge in [-0.1, -0.05) is 94.5 Å². The molecule has 0 saturated heterocycles. The number of hydrogen-bond donors (Lipinski definition) is 0. The predicted octanol–water partition coefficient (Wildman–Crippen LogP) is 5.98. The van der Waals surface area contributed by atoms with Crippen molar-refractivity contribution in [3.63, 3.8) is 0 Å². The summed E-state index contributed by atoms with van der Waals surface area (Å²) in [5.74, 6) is 6.49. The van der Waals surface area contributed by atoms with Crippen LogP contribution in [-0.4, -0.2) is 0 Å². The van der Waals surface area contributed by atoms with Crippen LogP contribution in [0.15, 0.2) is 84.9 Å². The van der Waals surface area contributed by atoms with Crippen molar-refractivity contribution in [1.29, 1.82) is 0 Å². The molecule has 3 aromatic carbocycles. The molecule has 1 heteroatoms. The summed E-state index contributed by atoms with van der Waals surface area (Å²) >= 11 is 3.67. The molecular weight excluding hydrogens is 344 g/mol. The van der Waals surface area contributed by atoms with Crippen molar-refractivity contribution in [2.45, 2.75) is 0 Å². The molecule has 23 heavy (non-hydrogen) atoms. The SMILES string of the molecule is Br/C(=C\c1ccccc1C#Cc1ccccc1)c1ccccc1. The molecule has 0 heterocycles. The molecule has 0 aliphatic heterocycles. The summed E-state index contributed by atoms with van der Waals surface area (Å²) in [5, 5.41) is 0. The molecule has 0 aliphatic rings. The largest absolute Gasteiger partial charge is 0.0622 e. The molecule has 0 atom stereocenters. The van der Waals surface area contributed by atoms with Crippen molar-refractivity contribution in [2.75, 3.05) is 0 Å². The number of halogens is 1. The lowest BCUT2D eigenvalue weighted by atomic mass is 10.1. The monoisotopic (exact) mass is 358 g/mol. The van der Waals surface area contributed by atoms with Gasteiger partial charge in [0.25, 0.3) is 0 Å². The van der Waals surface area contributed by atoms with Crippen LogP contribution in [0.3, 0.4) is 0 Å². The van der Waals surface area contributed by atoms with Gasteiger partial charge in [-0.25, -0.2) is 0 Å². The van der Waals surface area contributed by atoms with E-state index in [9.17, 15) is 0 Å². The fraction of sp³-hybridized carbons (Fsp3) is 0. The van der Waals surface area contributed by atoms with Gasteiger partial charge < -0.3 is 0 Å². The van der Waals surface area contributed by atoms with Crippen molar-refractivity contribution in [1.82, 2.24) is 0 Å². The minimum atomic E-state index is 1.02. The van der Waals surface area contributed by atoms with E-state index in [4.69, 9.17) is 0 Å². The van der Waals surface area contributed by atoms with Gasteiger partial charge in [0, 0.05) is 15.6 Å². The van der Waals surface area contributed by atoms with E-state index in [1.165, 1.54) is 0 Å². The summed E-state index contributed by atoms with van der Waals surface area (Å²) in [7, 11) is 0. The number of rotatable bonds is 2. The van der Waals surface area contributed by atoms with E-state index in [0.29, 0.717) is 0 Å². The summed E-state index contributed by atoms with van der Waals surface area (Å²) < 4.78 is 1.05. The molecule has 0 unspecified atom stereocenters. The molecule has 0 saturated carbocycles. The van der Waals surface area contributed by atoms with Crippen LogP contribution in [-0.2, 0) is 0 Å². The van der Waals surface area contributed by atoms with Gasteiger partial charge in [-0.3, -0.25) is 0 Å². The Hall–Kier alpha value is -2.56. The lowest BCUT2D eigenvalue weighted by Gasteiger charge is -2.02. The molecule has 0 amide bonds. The predicted molar refractivity (Wildman–Crippen MR) is 102 cm³/mol.